The van der Waals surface area contributed by atoms with E-state index in [4.69, 9.17) is 4.98 Å². The molecule has 3 aromatic heterocycles. The van der Waals surface area contributed by atoms with Crippen LogP contribution in [-0.2, 0) is 13.6 Å². The molecule has 0 aliphatic rings. The molecule has 0 bridgehead atoms. The summed E-state index contributed by atoms with van der Waals surface area (Å²) in [5.41, 5.74) is 6.03. The molecule has 0 fully saturated rings. The van der Waals surface area contributed by atoms with Crippen LogP contribution in [0.5, 0.6) is 0 Å². The number of fused-ring (bicyclic) bond motifs is 3. The average Bonchev–Trinajstić information content (AvgIpc) is 3.05. The largest absolute Gasteiger partial charge is 0.363 e. The SMILES string of the molecule is Cc1ccc(CNc2nn(C)c3c2sc2nc(C)cc(C)c23)cc1. The molecule has 0 aliphatic carbocycles. The molecule has 0 saturated heterocycles. The first-order valence-corrected chi connectivity index (χ1v) is 8.87. The quantitative estimate of drug-likeness (QED) is 0.588. The lowest BCUT2D eigenvalue weighted by Gasteiger charge is -2.04. The normalized spacial score (nSPS) is 11.5. The van der Waals surface area contributed by atoms with E-state index in [9.17, 15) is 0 Å². The van der Waals surface area contributed by atoms with E-state index in [2.05, 4.69) is 54.6 Å². The van der Waals surface area contributed by atoms with Gasteiger partial charge in [0.1, 0.15) is 4.83 Å². The van der Waals surface area contributed by atoms with E-state index in [1.165, 1.54) is 32.3 Å². The fourth-order valence-electron chi connectivity index (χ4n) is 3.14. The molecule has 0 unspecified atom stereocenters. The van der Waals surface area contributed by atoms with Crippen LogP contribution in [-0.4, -0.2) is 14.8 Å². The highest BCUT2D eigenvalue weighted by atomic mass is 32.1. The Balaban J connectivity index is 1.76. The minimum Gasteiger partial charge on any atom is -0.363 e. The number of pyridine rings is 1. The van der Waals surface area contributed by atoms with E-state index < -0.39 is 0 Å². The second kappa shape index (κ2) is 5.60. The summed E-state index contributed by atoms with van der Waals surface area (Å²) in [4.78, 5) is 5.80. The first-order valence-electron chi connectivity index (χ1n) is 8.06. The predicted molar refractivity (Wildman–Crippen MR) is 102 cm³/mol. The summed E-state index contributed by atoms with van der Waals surface area (Å²) in [6.07, 6.45) is 0. The molecule has 122 valence electrons. The molecule has 4 rings (SSSR count). The van der Waals surface area contributed by atoms with E-state index in [-0.39, 0.29) is 0 Å². The molecule has 0 radical (unpaired) electrons. The molecule has 24 heavy (non-hydrogen) atoms. The van der Waals surface area contributed by atoms with Crippen molar-refractivity contribution >= 4 is 37.6 Å². The molecule has 0 amide bonds. The van der Waals surface area contributed by atoms with Crippen LogP contribution in [0.2, 0.25) is 0 Å². The third kappa shape index (κ3) is 2.45. The van der Waals surface area contributed by atoms with Crippen molar-refractivity contribution in [1.82, 2.24) is 14.8 Å². The molecule has 3 heterocycles. The van der Waals surface area contributed by atoms with E-state index >= 15 is 0 Å². The number of thiophene rings is 1. The van der Waals surface area contributed by atoms with E-state index in [1.807, 2.05) is 18.7 Å². The lowest BCUT2D eigenvalue weighted by molar-refractivity contribution is 0.799. The minimum absolute atomic E-state index is 0.770. The highest BCUT2D eigenvalue weighted by Crippen LogP contribution is 2.38. The monoisotopic (exact) mass is 336 g/mol. The van der Waals surface area contributed by atoms with Crippen LogP contribution in [0.1, 0.15) is 22.4 Å². The van der Waals surface area contributed by atoms with Crippen molar-refractivity contribution in [3.8, 4) is 0 Å². The van der Waals surface area contributed by atoms with Crippen molar-refractivity contribution in [1.29, 1.82) is 0 Å². The number of nitrogens with one attached hydrogen (secondary N) is 1. The Morgan fingerprint density at radius 2 is 1.88 bits per heavy atom. The molecule has 5 heteroatoms. The van der Waals surface area contributed by atoms with Gasteiger partial charge in [0, 0.05) is 24.7 Å². The molecule has 1 aromatic carbocycles. The third-order valence-corrected chi connectivity index (χ3v) is 5.41. The summed E-state index contributed by atoms with van der Waals surface area (Å²) < 4.78 is 3.15. The fraction of sp³-hybridized carbons (Fsp3) is 0.263. The van der Waals surface area contributed by atoms with Gasteiger partial charge in [-0.2, -0.15) is 5.10 Å². The maximum Gasteiger partial charge on any atom is 0.166 e. The first kappa shape index (κ1) is 15.1. The topological polar surface area (TPSA) is 42.7 Å². The van der Waals surface area contributed by atoms with Gasteiger partial charge in [0.2, 0.25) is 0 Å². The Labute approximate surface area is 145 Å². The predicted octanol–water partition coefficient (Wildman–Crippen LogP) is 4.72. The molecule has 0 aliphatic heterocycles. The van der Waals surface area contributed by atoms with Gasteiger partial charge >= 0.3 is 0 Å². The smallest absolute Gasteiger partial charge is 0.166 e. The van der Waals surface area contributed by atoms with Crippen LogP contribution in [0.3, 0.4) is 0 Å². The van der Waals surface area contributed by atoms with Crippen LogP contribution in [0.15, 0.2) is 30.3 Å². The molecule has 0 saturated carbocycles. The van der Waals surface area contributed by atoms with Gasteiger partial charge in [0.15, 0.2) is 5.82 Å². The zero-order valence-electron chi connectivity index (χ0n) is 14.3. The maximum atomic E-state index is 4.71. The second-order valence-electron chi connectivity index (χ2n) is 6.35. The van der Waals surface area contributed by atoms with Crippen molar-refractivity contribution in [3.63, 3.8) is 0 Å². The molecular weight excluding hydrogens is 316 g/mol. The number of hydrogen-bond acceptors (Lipinski definition) is 4. The highest BCUT2D eigenvalue weighted by Gasteiger charge is 2.17. The van der Waals surface area contributed by atoms with Crippen molar-refractivity contribution in [2.45, 2.75) is 27.3 Å². The summed E-state index contributed by atoms with van der Waals surface area (Å²) in [7, 11) is 2.00. The summed E-state index contributed by atoms with van der Waals surface area (Å²) in [6, 6.07) is 10.7. The summed E-state index contributed by atoms with van der Waals surface area (Å²) in [5, 5.41) is 9.40. The number of benzene rings is 1. The van der Waals surface area contributed by atoms with Crippen molar-refractivity contribution in [2.24, 2.45) is 7.05 Å². The Morgan fingerprint density at radius 3 is 2.62 bits per heavy atom. The Morgan fingerprint density at radius 1 is 1.12 bits per heavy atom. The van der Waals surface area contributed by atoms with Gasteiger partial charge in [-0.3, -0.25) is 4.68 Å². The zero-order chi connectivity index (χ0) is 16.8. The van der Waals surface area contributed by atoms with Crippen LogP contribution in [0, 0.1) is 20.8 Å². The van der Waals surface area contributed by atoms with Gasteiger partial charge in [-0.1, -0.05) is 29.8 Å². The van der Waals surface area contributed by atoms with Crippen LogP contribution in [0.25, 0.3) is 20.4 Å². The number of hydrogen-bond donors (Lipinski definition) is 1. The third-order valence-electron chi connectivity index (χ3n) is 4.33. The van der Waals surface area contributed by atoms with E-state index in [0.717, 1.165) is 22.9 Å². The lowest BCUT2D eigenvalue weighted by atomic mass is 10.1. The number of aromatic nitrogens is 3. The van der Waals surface area contributed by atoms with Gasteiger partial charge in [0.05, 0.1) is 10.2 Å². The molecule has 0 spiro atoms. The first-order chi connectivity index (χ1) is 11.5. The van der Waals surface area contributed by atoms with Gasteiger partial charge in [-0.25, -0.2) is 4.98 Å². The molecule has 4 nitrogen and oxygen atoms in total. The van der Waals surface area contributed by atoms with Gasteiger partial charge < -0.3 is 5.32 Å². The Hall–Kier alpha value is -2.40. The zero-order valence-corrected chi connectivity index (χ0v) is 15.2. The van der Waals surface area contributed by atoms with E-state index in [1.54, 1.807) is 11.3 Å². The van der Waals surface area contributed by atoms with Crippen molar-refractivity contribution in [3.05, 3.63) is 52.7 Å². The maximum absolute atomic E-state index is 4.71. The Bertz CT molecular complexity index is 1040. The summed E-state index contributed by atoms with van der Waals surface area (Å²) >= 11 is 1.72. The van der Waals surface area contributed by atoms with Crippen LogP contribution >= 0.6 is 11.3 Å². The summed E-state index contributed by atoms with van der Waals surface area (Å²) in [6.45, 7) is 7.07. The van der Waals surface area contributed by atoms with E-state index in [0.29, 0.717) is 0 Å². The van der Waals surface area contributed by atoms with Gasteiger partial charge in [-0.05, 0) is 38.0 Å². The number of aryl methyl sites for hydroxylation is 4. The molecule has 0 atom stereocenters. The average molecular weight is 336 g/mol. The highest BCUT2D eigenvalue weighted by molar-refractivity contribution is 7.26. The van der Waals surface area contributed by atoms with Crippen LogP contribution in [0.4, 0.5) is 5.82 Å². The van der Waals surface area contributed by atoms with Gasteiger partial charge in [-0.15, -0.1) is 11.3 Å². The number of anilines is 1. The second-order valence-corrected chi connectivity index (χ2v) is 7.35. The minimum atomic E-state index is 0.770. The van der Waals surface area contributed by atoms with Crippen molar-refractivity contribution in [2.75, 3.05) is 5.32 Å². The number of nitrogens with zero attached hydrogens (tertiary/aromatic N) is 3. The van der Waals surface area contributed by atoms with Crippen molar-refractivity contribution < 1.29 is 0 Å². The summed E-state index contributed by atoms with van der Waals surface area (Å²) in [5.74, 6) is 0.938. The molecular formula is C19H20N4S. The van der Waals surface area contributed by atoms with Gasteiger partial charge in [0.25, 0.3) is 0 Å². The molecule has 4 aromatic rings. The lowest BCUT2D eigenvalue weighted by Crippen LogP contribution is -2.01. The molecule has 1 N–H and O–H groups in total. The fourth-order valence-corrected chi connectivity index (χ4v) is 4.43. The van der Waals surface area contributed by atoms with Crippen LogP contribution < -0.4 is 5.32 Å². The standard InChI is InChI=1S/C19H20N4S/c1-11-5-7-14(8-6-11)10-20-18-17-16(23(4)22-18)15-12(2)9-13(3)21-19(15)24-17/h5-9H,10H2,1-4H3,(H,20,22). The number of rotatable bonds is 3. The Kier molecular flexibility index (Phi) is 3.53.